The Bertz CT molecular complexity index is 5670. The lowest BCUT2D eigenvalue weighted by Crippen LogP contribution is -2.67. The minimum absolute atomic E-state index is 0.00803. The van der Waals surface area contributed by atoms with Gasteiger partial charge in [-0.3, -0.25) is 9.18 Å². The van der Waals surface area contributed by atoms with Crippen molar-refractivity contribution in [1.29, 1.82) is 0 Å². The third kappa shape index (κ3) is 23.7. The summed E-state index contributed by atoms with van der Waals surface area (Å²) in [6.45, 7) is 0. The van der Waals surface area contributed by atoms with E-state index in [1.165, 1.54) is 54.6 Å². The van der Waals surface area contributed by atoms with Gasteiger partial charge in [0.1, 0.15) is 78.8 Å². The number of hydrogen-bond donors (Lipinski definition) is 0. The van der Waals surface area contributed by atoms with Gasteiger partial charge in [0.2, 0.25) is 10.5 Å². The molecule has 5 fully saturated rings. The number of ketones is 1. The second-order valence-electron chi connectivity index (χ2n) is 30.2. The van der Waals surface area contributed by atoms with E-state index in [1.54, 1.807) is 24.3 Å². The van der Waals surface area contributed by atoms with Gasteiger partial charge in [0.05, 0.1) is 17.0 Å². The quantitative estimate of drug-likeness (QED) is 0.0648. The first-order valence-electron chi connectivity index (χ1n) is 35.6. The molecular formula is C68H61F29O25S8-8. The minimum atomic E-state index is -6.92. The number of rotatable bonds is 18. The van der Waals surface area contributed by atoms with Crippen molar-refractivity contribution in [3.05, 3.63) is 151 Å². The van der Waals surface area contributed by atoms with Gasteiger partial charge in [0, 0.05) is 29.7 Å². The Labute approximate surface area is 718 Å². The second-order valence-corrected chi connectivity index (χ2v) is 41.6. The molecule has 5 saturated carbocycles. The zero-order valence-corrected chi connectivity index (χ0v) is 70.5. The third-order valence-corrected chi connectivity index (χ3v) is 30.5. The van der Waals surface area contributed by atoms with Crippen molar-refractivity contribution in [2.45, 2.75) is 153 Å². The molecule has 0 amide bonds. The molecule has 0 heterocycles. The van der Waals surface area contributed by atoms with Crippen molar-refractivity contribution in [3.63, 3.8) is 0 Å². The highest BCUT2D eigenvalue weighted by atomic mass is 32.3. The van der Waals surface area contributed by atoms with Crippen molar-refractivity contribution >= 4 is 86.7 Å². The summed E-state index contributed by atoms with van der Waals surface area (Å²) in [5.41, 5.74) is 0. The Kier molecular flexibility index (Phi) is 34.3. The minimum Gasteiger partial charge on any atom is -0.747 e. The van der Waals surface area contributed by atoms with E-state index >= 15 is 0 Å². The molecule has 3 aromatic carbocycles. The van der Waals surface area contributed by atoms with Crippen LogP contribution in [0.2, 0.25) is 0 Å². The van der Waals surface area contributed by atoms with Crippen LogP contribution in [0.25, 0.3) is 0 Å². The van der Waals surface area contributed by atoms with E-state index in [0.29, 0.717) is 56.8 Å². The summed E-state index contributed by atoms with van der Waals surface area (Å²) in [7, 11) is -46.2. The summed E-state index contributed by atoms with van der Waals surface area (Å²) in [6.07, 6.45) is -11.1. The molecule has 15 atom stereocenters. The highest BCUT2D eigenvalue weighted by molar-refractivity contribution is 7.88. The molecule has 62 heteroatoms. The van der Waals surface area contributed by atoms with Crippen molar-refractivity contribution in [2.24, 2.45) is 88.8 Å². The Morgan fingerprint density at radius 1 is 0.338 bits per heavy atom. The van der Waals surface area contributed by atoms with Gasteiger partial charge in [-0.1, -0.05) is 85.0 Å². The molecule has 15 unspecified atom stereocenters. The van der Waals surface area contributed by atoms with Crippen LogP contribution in [-0.4, -0.2) is 184 Å². The van der Waals surface area contributed by atoms with E-state index in [2.05, 4.69) is 0 Å². The zero-order valence-electron chi connectivity index (χ0n) is 64.0. The Morgan fingerprint density at radius 2 is 0.700 bits per heavy atom. The standard InChI is InChI=1S/C11H12F6O3S.2C10H10F6O3S.C9H10F4O3S.C9H10F2O4S.2C6H4F2O3S.C6H6O3S.CH3F/c12-10(13,14)9(11(15,16)17,21(18,19)20)5-8-4-6-1-2-7(8)3-6;11-8(12,7-4-5-1-2-6(7)3-5)9(13,14)10(15,16)20(17,18)19;11-9(12,13)8(10(14,15)16,20(17,18)19)7-4-5-1-2-6(7)3-5;10-8(11,9(12,13)17(14,15)16)7-4-5-1-2-6(7)3-5;10-9(11,16(13,14)15)8(12)7-4-5-1-2-6(7)3-5;7-4-1-2-6(5(8)3-4)12(9,10)11;7-4-2-1-3-5(8)6(4)12(9,10)11;7-10(8,9)6-4-2-1-3-5-6;1-2/h1-2,6-8H,3-5H2,(H,18,19,20);2*1-2,5-7H,3-4H2,(H,17,18,19);1-2,5-7H,3-4H2,(H,14,15,16);1-2,5-7H,3-4H2,(H,13,14,15);2*1-3H,(H,9,10,11);1-5H,(H,7,8,9);1H3/p-8. The van der Waals surface area contributed by atoms with Crippen LogP contribution in [0.5, 0.6) is 0 Å². The number of halogens is 29. The van der Waals surface area contributed by atoms with Gasteiger partial charge in [-0.15, -0.1) is 0 Å². The fraction of sp³-hybridized carbons (Fsp3) is 0.574. The molecule has 0 aliphatic heterocycles. The van der Waals surface area contributed by atoms with Gasteiger partial charge in [0.25, 0.3) is 4.75 Å². The molecule has 25 nitrogen and oxygen atoms in total. The Morgan fingerprint density at radius 3 is 0.962 bits per heavy atom. The van der Waals surface area contributed by atoms with Crippen molar-refractivity contribution in [3.8, 4) is 0 Å². The molecule has 10 aliphatic carbocycles. The molecule has 10 aliphatic rings. The van der Waals surface area contributed by atoms with Gasteiger partial charge >= 0.3 is 58.2 Å². The van der Waals surface area contributed by atoms with E-state index in [9.17, 15) is 236 Å². The van der Waals surface area contributed by atoms with Crippen molar-refractivity contribution < 1.29 is 236 Å². The van der Waals surface area contributed by atoms with E-state index in [-0.39, 0.29) is 60.7 Å². The summed E-state index contributed by atoms with van der Waals surface area (Å²) < 4.78 is 614. The van der Waals surface area contributed by atoms with Crippen molar-refractivity contribution in [1.82, 2.24) is 0 Å². The zero-order chi connectivity index (χ0) is 101. The molecule has 0 radical (unpaired) electrons. The molecule has 13 rings (SSSR count). The van der Waals surface area contributed by atoms with Crippen molar-refractivity contribution in [2.75, 3.05) is 7.18 Å². The Balaban J connectivity index is 0.000000265. The number of benzene rings is 3. The fourth-order valence-corrected chi connectivity index (χ4v) is 21.5. The molecule has 0 N–H and O–H groups in total. The molecule has 10 bridgehead atoms. The summed E-state index contributed by atoms with van der Waals surface area (Å²) in [6, 6.07) is 11.2. The van der Waals surface area contributed by atoms with E-state index in [4.69, 9.17) is 0 Å². The third-order valence-electron chi connectivity index (χ3n) is 22.2. The maximum absolute atomic E-state index is 13.7. The molecule has 130 heavy (non-hydrogen) atoms. The molecule has 3 aromatic rings. The molecular weight excluding hydrogens is 2020 g/mol. The monoisotopic (exact) mass is 2080 g/mol. The maximum Gasteiger partial charge on any atom is 0.416 e. The first-order valence-corrected chi connectivity index (χ1v) is 46.9. The highest BCUT2D eigenvalue weighted by Crippen LogP contribution is 2.64. The van der Waals surface area contributed by atoms with Crippen LogP contribution >= 0.6 is 0 Å². The Hall–Kier alpha value is -6.72. The van der Waals surface area contributed by atoms with Gasteiger partial charge in [-0.25, -0.2) is 84.9 Å². The van der Waals surface area contributed by atoms with Gasteiger partial charge in [-0.2, -0.15) is 105 Å². The smallest absolute Gasteiger partial charge is 0.416 e. The number of carbonyl (C=O) groups excluding carboxylic acids is 1. The van der Waals surface area contributed by atoms with Gasteiger partial charge < -0.3 is 36.4 Å². The van der Waals surface area contributed by atoms with Crippen LogP contribution in [0, 0.1) is 112 Å². The van der Waals surface area contributed by atoms with Crippen LogP contribution < -0.4 is 0 Å². The molecule has 742 valence electrons. The molecule has 0 saturated heterocycles. The predicted octanol–water partition coefficient (Wildman–Crippen LogP) is 14.0. The highest BCUT2D eigenvalue weighted by Gasteiger charge is 2.81. The number of alkyl halides is 25. The van der Waals surface area contributed by atoms with E-state index in [1.807, 2.05) is 6.08 Å². The summed E-state index contributed by atoms with van der Waals surface area (Å²) in [5.74, 6) is -36.7. The number of Topliss-reactive ketones (excluding diaryl/α,β-unsaturated/α-hetero) is 1. The van der Waals surface area contributed by atoms with Gasteiger partial charge in [0.15, 0.2) is 30.4 Å². The molecule has 0 spiro atoms. The first kappa shape index (κ1) is 114. The average Bonchev–Trinajstić information content (AvgIpc) is 1.38. The summed E-state index contributed by atoms with van der Waals surface area (Å²) >= 11 is 0. The summed E-state index contributed by atoms with van der Waals surface area (Å²) in [5, 5.41) is -16.7. The van der Waals surface area contributed by atoms with E-state index in [0.717, 1.165) is 12.1 Å². The van der Waals surface area contributed by atoms with Crippen LogP contribution in [0.15, 0.2) is 142 Å². The number of hydrogen-bond acceptors (Lipinski definition) is 25. The lowest BCUT2D eigenvalue weighted by Gasteiger charge is -2.44. The largest absolute Gasteiger partial charge is 0.747 e. The van der Waals surface area contributed by atoms with Crippen LogP contribution in [-0.2, 0) is 85.7 Å². The number of allylic oxidation sites excluding steroid dienone is 10. The topological polar surface area (TPSA) is 475 Å². The van der Waals surface area contributed by atoms with Crippen LogP contribution in [0.1, 0.15) is 70.6 Å². The van der Waals surface area contributed by atoms with Crippen LogP contribution in [0.3, 0.4) is 0 Å². The van der Waals surface area contributed by atoms with Crippen LogP contribution in [0.4, 0.5) is 127 Å². The lowest BCUT2D eigenvalue weighted by molar-refractivity contribution is -0.301. The number of carbonyl (C=O) groups is 1. The fourth-order valence-electron chi connectivity index (χ4n) is 16.3. The average molecular weight is 2090 g/mol. The SMILES string of the molecule is CF.O=C(C1CC2C=CC1C2)C(F)(F)S(=O)(=O)[O-].O=S(=O)([O-])C(C1CC2C=CC1C2)(C(F)(F)F)C(F)(F)F.O=S(=O)([O-])C(CC1CC2C=CC1C2)(C(F)(F)F)C(F)(F)F.O=S(=O)([O-])C(F)(F)C(F)(F)C(F)(F)C1CC2C=CC1C2.O=S(=O)([O-])C(F)(F)C(F)(F)C1CC2C=CC1C2.O=S(=O)([O-])c1c(F)cccc1F.O=S(=O)([O-])c1ccc(F)cc1F.O=S(=O)([O-])c1ccccc1. The predicted molar refractivity (Wildman–Crippen MR) is 372 cm³/mol. The van der Waals surface area contributed by atoms with E-state index < -0.39 is 272 Å². The van der Waals surface area contributed by atoms with Gasteiger partial charge in [-0.05, 0) is 172 Å². The summed E-state index contributed by atoms with van der Waals surface area (Å²) in [4.78, 5) is 8.69. The second kappa shape index (κ2) is 39.2. The normalized spacial score (nSPS) is 25.9. The molecule has 0 aromatic heterocycles. The number of fused-ring (bicyclic) bond motifs is 10. The first-order chi connectivity index (χ1) is 58.2. The lowest BCUT2D eigenvalue weighted by atomic mass is 9.80. The maximum atomic E-state index is 13.7.